The lowest BCUT2D eigenvalue weighted by Crippen LogP contribution is -2.38. The number of rotatable bonds is 3. The maximum atomic E-state index is 4.47. The largest absolute Gasteiger partial charge is 0.294 e. The molecule has 18 heavy (non-hydrogen) atoms. The molecule has 1 aliphatic heterocycles. The molecule has 1 fully saturated rings. The van der Waals surface area contributed by atoms with Gasteiger partial charge in [0.25, 0.3) is 0 Å². The van der Waals surface area contributed by atoms with Crippen LogP contribution in [-0.4, -0.2) is 22.5 Å². The molecule has 0 amide bonds. The molecule has 0 spiro atoms. The van der Waals surface area contributed by atoms with Crippen LogP contribution in [0.3, 0.4) is 0 Å². The van der Waals surface area contributed by atoms with Gasteiger partial charge in [0.2, 0.25) is 0 Å². The normalized spacial score (nSPS) is 26.2. The summed E-state index contributed by atoms with van der Waals surface area (Å²) in [6.07, 6.45) is 5.95. The van der Waals surface area contributed by atoms with Gasteiger partial charge in [-0.1, -0.05) is 26.8 Å². The quantitative estimate of drug-likeness (QED) is 0.808. The van der Waals surface area contributed by atoms with Crippen molar-refractivity contribution < 1.29 is 0 Å². The minimum atomic E-state index is 0.719. The van der Waals surface area contributed by atoms with Gasteiger partial charge >= 0.3 is 0 Å². The molecule has 2 nitrogen and oxygen atoms in total. The highest BCUT2D eigenvalue weighted by molar-refractivity contribution is 5.03. The first kappa shape index (κ1) is 13.5. The van der Waals surface area contributed by atoms with Gasteiger partial charge in [0, 0.05) is 18.8 Å². The number of pyridine rings is 1. The van der Waals surface area contributed by atoms with Crippen molar-refractivity contribution in [1.82, 2.24) is 9.88 Å². The fourth-order valence-electron chi connectivity index (χ4n) is 2.99. The molecule has 0 radical (unpaired) electrons. The zero-order chi connectivity index (χ0) is 13.0. The second-order valence-corrected chi connectivity index (χ2v) is 6.07. The fraction of sp³-hybridized carbons (Fsp3) is 0.688. The molecule has 0 aliphatic carbocycles. The molecular weight excluding hydrogens is 220 g/mol. The molecule has 2 atom stereocenters. The van der Waals surface area contributed by atoms with Crippen molar-refractivity contribution in [3.63, 3.8) is 0 Å². The molecule has 1 aliphatic rings. The van der Waals surface area contributed by atoms with Gasteiger partial charge < -0.3 is 0 Å². The molecule has 100 valence electrons. The molecule has 0 saturated carbocycles. The number of likely N-dealkylation sites (tertiary alicyclic amines) is 1. The molecule has 0 aromatic carbocycles. The highest BCUT2D eigenvalue weighted by Gasteiger charge is 2.26. The van der Waals surface area contributed by atoms with Crippen molar-refractivity contribution in [2.45, 2.75) is 52.6 Å². The van der Waals surface area contributed by atoms with Crippen molar-refractivity contribution in [3.8, 4) is 0 Å². The van der Waals surface area contributed by atoms with E-state index in [-0.39, 0.29) is 0 Å². The molecule has 2 heteroatoms. The minimum absolute atomic E-state index is 0.719. The minimum Gasteiger partial charge on any atom is -0.294 e. The summed E-state index contributed by atoms with van der Waals surface area (Å²) in [5.74, 6) is 1.61. The Morgan fingerprint density at radius 1 is 1.28 bits per heavy atom. The monoisotopic (exact) mass is 246 g/mol. The Morgan fingerprint density at radius 3 is 2.78 bits per heavy atom. The lowest BCUT2D eigenvalue weighted by Gasteiger charge is -2.32. The summed E-state index contributed by atoms with van der Waals surface area (Å²) in [6.45, 7) is 9.33. The van der Waals surface area contributed by atoms with E-state index < -0.39 is 0 Å². The fourth-order valence-corrected chi connectivity index (χ4v) is 2.99. The number of aromatic nitrogens is 1. The third kappa shape index (κ3) is 3.55. The van der Waals surface area contributed by atoms with E-state index in [0.29, 0.717) is 0 Å². The van der Waals surface area contributed by atoms with Crippen LogP contribution in [0.25, 0.3) is 0 Å². The van der Waals surface area contributed by atoms with Gasteiger partial charge in [-0.05, 0) is 49.8 Å². The first-order valence-electron chi connectivity index (χ1n) is 7.30. The van der Waals surface area contributed by atoms with E-state index in [9.17, 15) is 0 Å². The number of hydrogen-bond donors (Lipinski definition) is 0. The summed E-state index contributed by atoms with van der Waals surface area (Å²) in [5, 5.41) is 0. The summed E-state index contributed by atoms with van der Waals surface area (Å²) in [7, 11) is 0. The lowest BCUT2D eigenvalue weighted by molar-refractivity contribution is 0.147. The molecular formula is C16H26N2. The van der Waals surface area contributed by atoms with Gasteiger partial charge in [-0.15, -0.1) is 0 Å². The van der Waals surface area contributed by atoms with Crippen molar-refractivity contribution in [2.24, 2.45) is 11.8 Å². The van der Waals surface area contributed by atoms with Crippen LogP contribution >= 0.6 is 0 Å². The maximum absolute atomic E-state index is 4.47. The molecule has 2 heterocycles. The Morgan fingerprint density at radius 2 is 2.11 bits per heavy atom. The first-order chi connectivity index (χ1) is 8.66. The smallest absolute Gasteiger partial charge is 0.0544 e. The van der Waals surface area contributed by atoms with Crippen LogP contribution in [0, 0.1) is 11.8 Å². The average Bonchev–Trinajstić information content (AvgIpc) is 2.53. The molecule has 0 N–H and O–H groups in total. The summed E-state index contributed by atoms with van der Waals surface area (Å²) in [4.78, 5) is 7.12. The van der Waals surface area contributed by atoms with Crippen LogP contribution in [-0.2, 0) is 6.54 Å². The average molecular weight is 246 g/mol. The molecule has 1 saturated heterocycles. The summed E-state index contributed by atoms with van der Waals surface area (Å²) in [5.41, 5.74) is 1.21. The van der Waals surface area contributed by atoms with Crippen molar-refractivity contribution in [1.29, 1.82) is 0 Å². The van der Waals surface area contributed by atoms with Crippen molar-refractivity contribution in [2.75, 3.05) is 6.54 Å². The highest BCUT2D eigenvalue weighted by Crippen LogP contribution is 2.26. The number of hydrogen-bond acceptors (Lipinski definition) is 2. The third-order valence-electron chi connectivity index (χ3n) is 4.19. The lowest BCUT2D eigenvalue weighted by atomic mass is 9.95. The highest BCUT2D eigenvalue weighted by atomic mass is 15.2. The van der Waals surface area contributed by atoms with Crippen LogP contribution in [0.4, 0.5) is 0 Å². The standard InChI is InChI=1S/C16H26N2/c1-13(2)16-8-7-14(3)9-11-18(16)12-15-6-4-5-10-17-15/h4-6,10,13-14,16H,7-9,11-12H2,1-3H3. The van der Waals surface area contributed by atoms with Crippen LogP contribution < -0.4 is 0 Å². The second kappa shape index (κ2) is 6.33. The van der Waals surface area contributed by atoms with E-state index in [0.717, 1.165) is 24.4 Å². The van der Waals surface area contributed by atoms with Gasteiger partial charge in [0.15, 0.2) is 0 Å². The molecule has 1 aromatic heterocycles. The molecule has 2 rings (SSSR count). The zero-order valence-corrected chi connectivity index (χ0v) is 12.0. The van der Waals surface area contributed by atoms with E-state index in [1.54, 1.807) is 0 Å². The Balaban J connectivity index is 2.07. The van der Waals surface area contributed by atoms with E-state index >= 15 is 0 Å². The van der Waals surface area contributed by atoms with E-state index in [1.807, 2.05) is 12.3 Å². The maximum Gasteiger partial charge on any atom is 0.0544 e. The Bertz CT molecular complexity index is 347. The Kier molecular flexibility index (Phi) is 4.76. The van der Waals surface area contributed by atoms with E-state index in [1.165, 1.54) is 31.5 Å². The van der Waals surface area contributed by atoms with Crippen molar-refractivity contribution in [3.05, 3.63) is 30.1 Å². The summed E-state index contributed by atoms with van der Waals surface area (Å²) >= 11 is 0. The van der Waals surface area contributed by atoms with Crippen LogP contribution in [0.2, 0.25) is 0 Å². The third-order valence-corrected chi connectivity index (χ3v) is 4.19. The zero-order valence-electron chi connectivity index (χ0n) is 12.0. The first-order valence-corrected chi connectivity index (χ1v) is 7.30. The van der Waals surface area contributed by atoms with Crippen LogP contribution in [0.15, 0.2) is 24.4 Å². The van der Waals surface area contributed by atoms with Gasteiger partial charge in [0.05, 0.1) is 5.69 Å². The van der Waals surface area contributed by atoms with Gasteiger partial charge in [-0.2, -0.15) is 0 Å². The van der Waals surface area contributed by atoms with Crippen LogP contribution in [0.1, 0.15) is 45.7 Å². The molecule has 1 aromatic rings. The summed E-state index contributed by atoms with van der Waals surface area (Å²) < 4.78 is 0. The van der Waals surface area contributed by atoms with E-state index in [2.05, 4.69) is 42.8 Å². The Labute approximate surface area is 111 Å². The number of nitrogens with zero attached hydrogens (tertiary/aromatic N) is 2. The molecule has 2 unspecified atom stereocenters. The SMILES string of the molecule is CC1CCC(C(C)C)N(Cc2ccccn2)CC1. The summed E-state index contributed by atoms with van der Waals surface area (Å²) in [6, 6.07) is 6.95. The van der Waals surface area contributed by atoms with Crippen LogP contribution in [0.5, 0.6) is 0 Å². The molecule has 0 bridgehead atoms. The van der Waals surface area contributed by atoms with Gasteiger partial charge in [-0.25, -0.2) is 0 Å². The predicted molar refractivity (Wildman–Crippen MR) is 76.3 cm³/mol. The topological polar surface area (TPSA) is 16.1 Å². The van der Waals surface area contributed by atoms with Gasteiger partial charge in [-0.3, -0.25) is 9.88 Å². The Hall–Kier alpha value is -0.890. The predicted octanol–water partition coefficient (Wildman–Crippen LogP) is 3.73. The van der Waals surface area contributed by atoms with E-state index in [4.69, 9.17) is 0 Å². The van der Waals surface area contributed by atoms with Crippen molar-refractivity contribution >= 4 is 0 Å². The van der Waals surface area contributed by atoms with Gasteiger partial charge in [0.1, 0.15) is 0 Å². The second-order valence-electron chi connectivity index (χ2n) is 6.07.